The normalized spacial score (nSPS) is 11.3. The molecule has 0 aliphatic carbocycles. The van der Waals surface area contributed by atoms with Gasteiger partial charge >= 0.3 is 5.97 Å². The smallest absolute Gasteiger partial charge is 0.339 e. The summed E-state index contributed by atoms with van der Waals surface area (Å²) in [4.78, 5) is 10.8. The van der Waals surface area contributed by atoms with Crippen molar-refractivity contribution < 1.29 is 19.0 Å². The Morgan fingerprint density at radius 2 is 1.94 bits per heavy atom. The van der Waals surface area contributed by atoms with Gasteiger partial charge in [-0.3, -0.25) is 0 Å². The van der Waals surface area contributed by atoms with Crippen LogP contribution >= 0.6 is 0 Å². The highest BCUT2D eigenvalue weighted by atomic mass is 19.1. The van der Waals surface area contributed by atoms with E-state index in [4.69, 9.17) is 9.84 Å². The zero-order valence-corrected chi connectivity index (χ0v) is 9.80. The van der Waals surface area contributed by atoms with Crippen molar-refractivity contribution in [1.82, 2.24) is 0 Å². The first-order valence-corrected chi connectivity index (χ1v) is 4.88. The molecule has 3 nitrogen and oxygen atoms in total. The predicted octanol–water partition coefficient (Wildman–Crippen LogP) is 2.83. The maximum atomic E-state index is 13.7. The molecule has 0 heterocycles. The third-order valence-corrected chi connectivity index (χ3v) is 2.33. The fourth-order valence-corrected chi connectivity index (χ4v) is 1.46. The summed E-state index contributed by atoms with van der Waals surface area (Å²) in [7, 11) is 1.37. The van der Waals surface area contributed by atoms with Crippen molar-refractivity contribution in [2.24, 2.45) is 0 Å². The van der Waals surface area contributed by atoms with E-state index in [1.807, 2.05) is 20.8 Å². The molecule has 1 rings (SSSR count). The van der Waals surface area contributed by atoms with Crippen molar-refractivity contribution >= 4 is 5.97 Å². The number of benzene rings is 1. The van der Waals surface area contributed by atoms with Crippen molar-refractivity contribution in [3.8, 4) is 5.75 Å². The molecule has 0 saturated heterocycles. The van der Waals surface area contributed by atoms with Gasteiger partial charge in [0.1, 0.15) is 17.1 Å². The molecule has 0 radical (unpaired) electrons. The second kappa shape index (κ2) is 4.12. The van der Waals surface area contributed by atoms with Gasteiger partial charge in [-0.25, -0.2) is 9.18 Å². The van der Waals surface area contributed by atoms with Gasteiger partial charge in [-0.05, 0) is 23.1 Å². The summed E-state index contributed by atoms with van der Waals surface area (Å²) in [5.74, 6) is -1.54. The number of rotatable bonds is 2. The lowest BCUT2D eigenvalue weighted by Crippen LogP contribution is -2.15. The summed E-state index contributed by atoms with van der Waals surface area (Å²) >= 11 is 0. The lowest BCUT2D eigenvalue weighted by molar-refractivity contribution is 0.0692. The Morgan fingerprint density at radius 3 is 2.31 bits per heavy atom. The maximum Gasteiger partial charge on any atom is 0.339 e. The molecule has 0 bridgehead atoms. The van der Waals surface area contributed by atoms with E-state index in [2.05, 4.69) is 0 Å². The summed E-state index contributed by atoms with van der Waals surface area (Å²) in [5, 5.41) is 8.87. The fourth-order valence-electron chi connectivity index (χ4n) is 1.46. The first-order chi connectivity index (χ1) is 7.27. The van der Waals surface area contributed by atoms with Crippen LogP contribution < -0.4 is 4.74 Å². The van der Waals surface area contributed by atoms with Crippen molar-refractivity contribution in [2.45, 2.75) is 26.2 Å². The lowest BCUT2D eigenvalue weighted by atomic mass is 9.86. The van der Waals surface area contributed by atoms with Gasteiger partial charge < -0.3 is 9.84 Å². The number of hydrogen-bond donors (Lipinski definition) is 1. The number of carboxylic acid groups (broad SMARTS) is 1. The average molecular weight is 226 g/mol. The van der Waals surface area contributed by atoms with Gasteiger partial charge in [0, 0.05) is 0 Å². The number of hydrogen-bond acceptors (Lipinski definition) is 2. The molecule has 4 heteroatoms. The van der Waals surface area contributed by atoms with Gasteiger partial charge in [0.05, 0.1) is 7.11 Å². The quantitative estimate of drug-likeness (QED) is 0.843. The van der Waals surface area contributed by atoms with Crippen molar-refractivity contribution in [2.75, 3.05) is 7.11 Å². The highest BCUT2D eigenvalue weighted by molar-refractivity contribution is 5.91. The number of ether oxygens (including phenoxy) is 1. The van der Waals surface area contributed by atoms with Gasteiger partial charge in [0.15, 0.2) is 0 Å². The molecule has 0 aliphatic heterocycles. The molecule has 1 aromatic rings. The van der Waals surface area contributed by atoms with Crippen LogP contribution in [-0.4, -0.2) is 18.2 Å². The van der Waals surface area contributed by atoms with Gasteiger partial charge in [0.25, 0.3) is 0 Å². The summed E-state index contributed by atoms with van der Waals surface area (Å²) in [6, 6.07) is 2.44. The first-order valence-electron chi connectivity index (χ1n) is 4.88. The van der Waals surface area contributed by atoms with E-state index < -0.39 is 17.2 Å². The van der Waals surface area contributed by atoms with Crippen LogP contribution in [0.25, 0.3) is 0 Å². The number of halogens is 1. The van der Waals surface area contributed by atoms with Gasteiger partial charge in [0.2, 0.25) is 0 Å². The monoisotopic (exact) mass is 226 g/mol. The number of methoxy groups -OCH3 is 1. The van der Waals surface area contributed by atoms with E-state index in [0.29, 0.717) is 5.56 Å². The maximum absolute atomic E-state index is 13.7. The van der Waals surface area contributed by atoms with Crippen molar-refractivity contribution in [1.29, 1.82) is 0 Å². The Kier molecular flexibility index (Phi) is 3.21. The van der Waals surface area contributed by atoms with Crippen LogP contribution in [0.5, 0.6) is 5.75 Å². The summed E-state index contributed by atoms with van der Waals surface area (Å²) in [6.45, 7) is 5.56. The SMILES string of the molecule is COc1cc(C(C)(C)C)c(F)cc1C(=O)O. The number of carboxylic acids is 1. The van der Waals surface area contributed by atoms with Crippen LogP contribution in [0, 0.1) is 5.82 Å². The van der Waals surface area contributed by atoms with Crippen molar-refractivity contribution in [3.05, 3.63) is 29.1 Å². The first kappa shape index (κ1) is 12.5. The second-order valence-corrected chi connectivity index (χ2v) is 4.59. The van der Waals surface area contributed by atoms with Crippen LogP contribution in [-0.2, 0) is 5.41 Å². The molecule has 0 saturated carbocycles. The zero-order valence-electron chi connectivity index (χ0n) is 9.80. The van der Waals surface area contributed by atoms with E-state index in [1.54, 1.807) is 0 Å². The third kappa shape index (κ3) is 2.32. The molecule has 0 unspecified atom stereocenters. The Morgan fingerprint density at radius 1 is 1.38 bits per heavy atom. The molecule has 0 amide bonds. The van der Waals surface area contributed by atoms with Gasteiger partial charge in [-0.1, -0.05) is 20.8 Å². The Labute approximate surface area is 93.9 Å². The highest BCUT2D eigenvalue weighted by Gasteiger charge is 2.23. The summed E-state index contributed by atoms with van der Waals surface area (Å²) < 4.78 is 18.7. The molecule has 0 spiro atoms. The molecular weight excluding hydrogens is 211 g/mol. The van der Waals surface area contributed by atoms with Gasteiger partial charge in [-0.15, -0.1) is 0 Å². The standard InChI is InChI=1S/C12H15FO3/c1-12(2,3)8-6-10(16-4)7(11(14)15)5-9(8)13/h5-6H,1-4H3,(H,14,15). The summed E-state index contributed by atoms with van der Waals surface area (Å²) in [5.41, 5.74) is -0.114. The lowest BCUT2D eigenvalue weighted by Gasteiger charge is -2.21. The second-order valence-electron chi connectivity index (χ2n) is 4.59. The molecule has 0 fully saturated rings. The molecule has 88 valence electrons. The van der Waals surface area contributed by atoms with E-state index in [0.717, 1.165) is 6.07 Å². The minimum atomic E-state index is -1.20. The van der Waals surface area contributed by atoms with Crippen molar-refractivity contribution in [3.63, 3.8) is 0 Å². The number of carbonyl (C=O) groups is 1. The number of aromatic carboxylic acids is 1. The molecular formula is C12H15FO3. The Balaban J connectivity index is 3.43. The highest BCUT2D eigenvalue weighted by Crippen LogP contribution is 2.31. The fraction of sp³-hybridized carbons (Fsp3) is 0.417. The third-order valence-electron chi connectivity index (χ3n) is 2.33. The molecule has 16 heavy (non-hydrogen) atoms. The largest absolute Gasteiger partial charge is 0.496 e. The average Bonchev–Trinajstić information content (AvgIpc) is 2.15. The van der Waals surface area contributed by atoms with Crippen LogP contribution in [0.3, 0.4) is 0 Å². The molecule has 1 aromatic carbocycles. The van der Waals surface area contributed by atoms with Crippen LogP contribution in [0.4, 0.5) is 4.39 Å². The van der Waals surface area contributed by atoms with Gasteiger partial charge in [-0.2, -0.15) is 0 Å². The summed E-state index contributed by atoms with van der Waals surface area (Å²) in [6.07, 6.45) is 0. The minimum absolute atomic E-state index is 0.159. The topological polar surface area (TPSA) is 46.5 Å². The van der Waals surface area contributed by atoms with Crippen LogP contribution in [0.1, 0.15) is 36.7 Å². The zero-order chi connectivity index (χ0) is 12.5. The molecule has 0 atom stereocenters. The van der Waals surface area contributed by atoms with Crippen LogP contribution in [0.15, 0.2) is 12.1 Å². The van der Waals surface area contributed by atoms with E-state index in [1.165, 1.54) is 13.2 Å². The Hall–Kier alpha value is -1.58. The van der Waals surface area contributed by atoms with E-state index >= 15 is 0 Å². The minimum Gasteiger partial charge on any atom is -0.496 e. The predicted molar refractivity (Wildman–Crippen MR) is 58.6 cm³/mol. The molecule has 0 aromatic heterocycles. The van der Waals surface area contributed by atoms with Crippen LogP contribution in [0.2, 0.25) is 0 Å². The molecule has 1 N–H and O–H groups in total. The Bertz CT molecular complexity index is 419. The molecule has 0 aliphatic rings. The van der Waals surface area contributed by atoms with E-state index in [-0.39, 0.29) is 11.3 Å². The van der Waals surface area contributed by atoms with E-state index in [9.17, 15) is 9.18 Å².